The van der Waals surface area contributed by atoms with E-state index < -0.39 is 0 Å². The monoisotopic (exact) mass is 409 g/mol. The molecule has 0 saturated heterocycles. The summed E-state index contributed by atoms with van der Waals surface area (Å²) in [4.78, 5) is 18.6. The van der Waals surface area contributed by atoms with E-state index in [9.17, 15) is 4.79 Å². The van der Waals surface area contributed by atoms with Crippen LogP contribution in [0, 0.1) is 6.92 Å². The summed E-state index contributed by atoms with van der Waals surface area (Å²) >= 11 is 6.53. The van der Waals surface area contributed by atoms with Gasteiger partial charge in [0, 0.05) is 17.6 Å². The van der Waals surface area contributed by atoms with Gasteiger partial charge in [-0.2, -0.15) is 5.10 Å². The van der Waals surface area contributed by atoms with Gasteiger partial charge in [0.1, 0.15) is 10.7 Å². The van der Waals surface area contributed by atoms with Crippen molar-refractivity contribution in [1.82, 2.24) is 20.1 Å². The lowest BCUT2D eigenvalue weighted by atomic mass is 10.2. The number of thiocarbonyl (C=S) groups is 1. The number of aromatic nitrogens is 2. The summed E-state index contributed by atoms with van der Waals surface area (Å²) < 4.78 is 1.49. The number of rotatable bonds is 6. The molecule has 0 aliphatic rings. The van der Waals surface area contributed by atoms with E-state index in [0.717, 1.165) is 4.90 Å². The summed E-state index contributed by atoms with van der Waals surface area (Å²) in [6.45, 7) is 6.17. The molecule has 0 aliphatic carbocycles. The van der Waals surface area contributed by atoms with Crippen LogP contribution in [0.5, 0.6) is 0 Å². The molecule has 0 fully saturated rings. The Balaban J connectivity index is 1.96. The number of nitrogens with zero attached hydrogens (tertiary/aromatic N) is 3. The van der Waals surface area contributed by atoms with Gasteiger partial charge in [0.15, 0.2) is 5.11 Å². The Morgan fingerprint density at radius 3 is 2.86 bits per heavy atom. The Kier molecular flexibility index (Phi) is 6.57. The van der Waals surface area contributed by atoms with Crippen molar-refractivity contribution in [2.75, 3.05) is 6.54 Å². The second-order valence-corrected chi connectivity index (χ2v) is 7.32. The molecule has 8 heteroatoms. The molecule has 2 heterocycles. The predicted molar refractivity (Wildman–Crippen MR) is 118 cm³/mol. The fraction of sp³-hybridized carbons (Fsp3) is 0.100. The molecule has 3 rings (SSSR count). The largest absolute Gasteiger partial charge is 0.358 e. The average molecular weight is 410 g/mol. The number of nitrogens with one attached hydrogen (secondary N) is 2. The third-order valence-electron chi connectivity index (χ3n) is 3.74. The molecule has 2 aromatic heterocycles. The molecule has 1 aromatic carbocycles. The van der Waals surface area contributed by atoms with Gasteiger partial charge in [-0.1, -0.05) is 41.6 Å². The molecular formula is C20H19N5OS2. The Morgan fingerprint density at radius 1 is 1.32 bits per heavy atom. The minimum absolute atomic E-state index is 0.198. The van der Waals surface area contributed by atoms with Crippen LogP contribution >= 0.6 is 24.0 Å². The molecule has 0 radical (unpaired) electrons. The topological polar surface area (TPSA) is 70.8 Å². The number of aryl methyl sites for hydroxylation is 1. The van der Waals surface area contributed by atoms with Crippen molar-refractivity contribution >= 4 is 41.0 Å². The zero-order valence-corrected chi connectivity index (χ0v) is 16.9. The maximum Gasteiger partial charge on any atom is 0.267 e. The fourth-order valence-corrected chi connectivity index (χ4v) is 3.37. The molecule has 0 aliphatic heterocycles. The molecule has 0 saturated carbocycles. The van der Waals surface area contributed by atoms with Crippen molar-refractivity contribution in [2.45, 2.75) is 16.8 Å². The number of pyridine rings is 1. The molecule has 3 aromatic rings. The minimum Gasteiger partial charge on any atom is -0.358 e. The van der Waals surface area contributed by atoms with Crippen LogP contribution in [0.15, 0.2) is 81.1 Å². The van der Waals surface area contributed by atoms with Crippen LogP contribution in [-0.2, 0) is 0 Å². The third-order valence-corrected chi connectivity index (χ3v) is 4.98. The summed E-state index contributed by atoms with van der Waals surface area (Å²) in [6.07, 6.45) is 4.83. The second-order valence-electron chi connectivity index (χ2n) is 5.85. The molecule has 142 valence electrons. The molecule has 28 heavy (non-hydrogen) atoms. The normalized spacial score (nSPS) is 10.9. The van der Waals surface area contributed by atoms with Crippen LogP contribution in [0.3, 0.4) is 0 Å². The van der Waals surface area contributed by atoms with Gasteiger partial charge in [-0.15, -0.1) is 6.58 Å². The van der Waals surface area contributed by atoms with Crippen molar-refractivity contribution in [3.05, 3.63) is 82.8 Å². The van der Waals surface area contributed by atoms with E-state index in [2.05, 4.69) is 27.4 Å². The number of fused-ring (bicyclic) bond motifs is 1. The SMILES string of the molecule is C=CCNC(=S)N/N=C\c1c(Sc2ccc(C)cc2)nc2ccccn2c1=O. The van der Waals surface area contributed by atoms with Gasteiger partial charge >= 0.3 is 0 Å². The van der Waals surface area contributed by atoms with E-state index in [4.69, 9.17) is 12.2 Å². The van der Waals surface area contributed by atoms with Gasteiger partial charge in [-0.25, -0.2) is 4.98 Å². The molecule has 0 unspecified atom stereocenters. The summed E-state index contributed by atoms with van der Waals surface area (Å²) in [6, 6.07) is 13.5. The minimum atomic E-state index is -0.198. The van der Waals surface area contributed by atoms with E-state index in [1.165, 1.54) is 27.9 Å². The molecule has 0 spiro atoms. The summed E-state index contributed by atoms with van der Waals surface area (Å²) in [5.74, 6) is 0. The molecule has 2 N–H and O–H groups in total. The van der Waals surface area contributed by atoms with E-state index in [1.807, 2.05) is 37.3 Å². The van der Waals surface area contributed by atoms with Crippen molar-refractivity contribution in [3.8, 4) is 0 Å². The maximum absolute atomic E-state index is 13.0. The smallest absolute Gasteiger partial charge is 0.267 e. The molecule has 0 amide bonds. The zero-order chi connectivity index (χ0) is 19.9. The van der Waals surface area contributed by atoms with Crippen LogP contribution in [-0.4, -0.2) is 27.3 Å². The second kappa shape index (κ2) is 9.29. The first-order chi connectivity index (χ1) is 13.6. The lowest BCUT2D eigenvalue weighted by molar-refractivity contribution is 0.935. The summed E-state index contributed by atoms with van der Waals surface area (Å²) in [5.41, 5.74) is 4.63. The van der Waals surface area contributed by atoms with E-state index in [0.29, 0.717) is 27.9 Å². The molecule has 0 atom stereocenters. The molecule has 0 bridgehead atoms. The zero-order valence-electron chi connectivity index (χ0n) is 15.3. The first kappa shape index (κ1) is 19.8. The predicted octanol–water partition coefficient (Wildman–Crippen LogP) is 3.14. The van der Waals surface area contributed by atoms with Gasteiger partial charge in [0.2, 0.25) is 0 Å². The summed E-state index contributed by atoms with van der Waals surface area (Å²) in [5, 5.41) is 7.93. The van der Waals surface area contributed by atoms with E-state index in [-0.39, 0.29) is 5.56 Å². The van der Waals surface area contributed by atoms with Crippen LogP contribution in [0.2, 0.25) is 0 Å². The van der Waals surface area contributed by atoms with Gasteiger partial charge < -0.3 is 5.32 Å². The third kappa shape index (κ3) is 4.85. The van der Waals surface area contributed by atoms with E-state index in [1.54, 1.807) is 24.4 Å². The van der Waals surface area contributed by atoms with E-state index >= 15 is 0 Å². The van der Waals surface area contributed by atoms with Gasteiger partial charge in [0.25, 0.3) is 5.56 Å². The number of benzene rings is 1. The van der Waals surface area contributed by atoms with Gasteiger partial charge in [-0.3, -0.25) is 14.6 Å². The van der Waals surface area contributed by atoms with Crippen LogP contribution in [0.25, 0.3) is 5.65 Å². The Bertz CT molecular complexity index is 1090. The highest BCUT2D eigenvalue weighted by Crippen LogP contribution is 2.27. The van der Waals surface area contributed by atoms with Crippen molar-refractivity contribution in [3.63, 3.8) is 0 Å². The van der Waals surface area contributed by atoms with Crippen molar-refractivity contribution < 1.29 is 0 Å². The van der Waals surface area contributed by atoms with Gasteiger partial charge in [0.05, 0.1) is 11.8 Å². The van der Waals surface area contributed by atoms with Crippen molar-refractivity contribution in [2.24, 2.45) is 5.10 Å². The Morgan fingerprint density at radius 2 is 2.11 bits per heavy atom. The lowest BCUT2D eigenvalue weighted by Crippen LogP contribution is -2.32. The van der Waals surface area contributed by atoms with Crippen LogP contribution in [0.1, 0.15) is 11.1 Å². The van der Waals surface area contributed by atoms with Crippen molar-refractivity contribution in [1.29, 1.82) is 0 Å². The number of hydrogen-bond acceptors (Lipinski definition) is 5. The lowest BCUT2D eigenvalue weighted by Gasteiger charge is -2.08. The highest BCUT2D eigenvalue weighted by Gasteiger charge is 2.12. The van der Waals surface area contributed by atoms with Crippen LogP contribution in [0.4, 0.5) is 0 Å². The van der Waals surface area contributed by atoms with Gasteiger partial charge in [-0.05, 0) is 43.4 Å². The Labute approximate surface area is 172 Å². The highest BCUT2D eigenvalue weighted by molar-refractivity contribution is 7.99. The highest BCUT2D eigenvalue weighted by atomic mass is 32.2. The Hall–Kier alpha value is -2.97. The standard InChI is InChI=1S/C20H19N5OS2/c1-3-11-21-20(27)24-22-13-16-18(28-15-9-7-14(2)8-10-15)23-17-6-4-5-12-25(17)19(16)26/h3-10,12-13H,1,11H2,2H3,(H2,21,24,27)/b22-13-. The first-order valence-corrected chi connectivity index (χ1v) is 9.74. The first-order valence-electron chi connectivity index (χ1n) is 8.52. The quantitative estimate of drug-likeness (QED) is 0.214. The number of hydrogen-bond donors (Lipinski definition) is 2. The number of hydrazone groups is 1. The van der Waals surface area contributed by atoms with Crippen LogP contribution < -0.4 is 16.3 Å². The average Bonchev–Trinajstić information content (AvgIpc) is 2.70. The maximum atomic E-state index is 13.0. The molecular weight excluding hydrogens is 390 g/mol. The fourth-order valence-electron chi connectivity index (χ4n) is 2.35. The molecule has 6 nitrogen and oxygen atoms in total. The summed E-state index contributed by atoms with van der Waals surface area (Å²) in [7, 11) is 0.